The first-order chi connectivity index (χ1) is 15.4. The highest BCUT2D eigenvalue weighted by Gasteiger charge is 2.34. The fourth-order valence-electron chi connectivity index (χ4n) is 3.99. The Morgan fingerprint density at radius 3 is 2.72 bits per heavy atom. The lowest BCUT2D eigenvalue weighted by molar-refractivity contribution is -0.137. The van der Waals surface area contributed by atoms with Crippen molar-refractivity contribution in [3.8, 4) is 0 Å². The maximum Gasteiger partial charge on any atom is 0.416 e. The van der Waals surface area contributed by atoms with Gasteiger partial charge in [-0.15, -0.1) is 0 Å². The van der Waals surface area contributed by atoms with E-state index in [4.69, 9.17) is 4.84 Å². The molecular formula is C24H22F3N3O2. The van der Waals surface area contributed by atoms with Crippen LogP contribution in [0.5, 0.6) is 0 Å². The molecule has 1 aliphatic heterocycles. The van der Waals surface area contributed by atoms with E-state index in [0.717, 1.165) is 22.9 Å². The summed E-state index contributed by atoms with van der Waals surface area (Å²) in [6, 6.07) is 14.6. The minimum Gasteiger partial charge on any atom is -0.391 e. The number of fused-ring (bicyclic) bond motifs is 1. The molecule has 2 unspecified atom stereocenters. The van der Waals surface area contributed by atoms with Gasteiger partial charge in [0.25, 0.3) is 5.91 Å². The van der Waals surface area contributed by atoms with Gasteiger partial charge in [-0.2, -0.15) is 13.2 Å². The summed E-state index contributed by atoms with van der Waals surface area (Å²) < 4.78 is 39.0. The number of carbonyl (C=O) groups excluding carboxylic acids is 1. The molecule has 4 rings (SSSR count). The molecule has 1 aromatic heterocycles. The van der Waals surface area contributed by atoms with Crippen LogP contribution in [-0.4, -0.2) is 29.3 Å². The Hall–Kier alpha value is -3.42. The predicted octanol–water partition coefficient (Wildman–Crippen LogP) is 5.01. The minimum atomic E-state index is -4.39. The van der Waals surface area contributed by atoms with Gasteiger partial charge < -0.3 is 10.2 Å². The number of benzene rings is 2. The van der Waals surface area contributed by atoms with Crippen molar-refractivity contribution in [1.82, 2.24) is 10.3 Å². The number of pyridine rings is 1. The quantitative estimate of drug-likeness (QED) is 0.585. The lowest BCUT2D eigenvalue weighted by Gasteiger charge is -2.18. The normalized spacial score (nSPS) is 18.3. The smallest absolute Gasteiger partial charge is 0.391 e. The number of oxime groups is 1. The maximum atomic E-state index is 13.0. The number of aromatic nitrogens is 1. The van der Waals surface area contributed by atoms with E-state index in [9.17, 15) is 18.0 Å². The Morgan fingerprint density at radius 1 is 1.12 bits per heavy atom. The number of amides is 1. The number of hydrogen-bond donors (Lipinski definition) is 1. The van der Waals surface area contributed by atoms with E-state index in [1.165, 1.54) is 6.07 Å². The third-order valence-corrected chi connectivity index (χ3v) is 5.63. The predicted molar refractivity (Wildman–Crippen MR) is 115 cm³/mol. The van der Waals surface area contributed by atoms with Gasteiger partial charge in [0.1, 0.15) is 11.8 Å². The molecule has 1 aliphatic rings. The molecule has 0 aliphatic carbocycles. The zero-order valence-electron chi connectivity index (χ0n) is 17.4. The number of alkyl halides is 3. The highest BCUT2D eigenvalue weighted by atomic mass is 19.4. The van der Waals surface area contributed by atoms with E-state index in [1.807, 2.05) is 37.3 Å². The Kier molecular flexibility index (Phi) is 6.12. The first-order valence-electron chi connectivity index (χ1n) is 10.4. The van der Waals surface area contributed by atoms with E-state index in [1.54, 1.807) is 12.3 Å². The van der Waals surface area contributed by atoms with Crippen molar-refractivity contribution in [3.05, 3.63) is 77.6 Å². The van der Waals surface area contributed by atoms with Crippen molar-refractivity contribution in [2.75, 3.05) is 6.54 Å². The largest absolute Gasteiger partial charge is 0.416 e. The second-order valence-corrected chi connectivity index (χ2v) is 7.71. The fraction of sp³-hybridized carbons (Fsp3) is 0.292. The monoisotopic (exact) mass is 441 g/mol. The van der Waals surface area contributed by atoms with Crippen LogP contribution in [0.1, 0.15) is 35.0 Å². The van der Waals surface area contributed by atoms with Gasteiger partial charge in [-0.1, -0.05) is 54.5 Å². The van der Waals surface area contributed by atoms with E-state index in [2.05, 4.69) is 15.5 Å². The molecule has 3 aromatic rings. The summed E-state index contributed by atoms with van der Waals surface area (Å²) in [6.45, 7) is 2.14. The van der Waals surface area contributed by atoms with Crippen molar-refractivity contribution >= 4 is 22.4 Å². The van der Waals surface area contributed by atoms with Crippen LogP contribution >= 0.6 is 0 Å². The first-order valence-corrected chi connectivity index (χ1v) is 10.4. The van der Waals surface area contributed by atoms with Crippen LogP contribution in [-0.2, 0) is 17.4 Å². The van der Waals surface area contributed by atoms with E-state index in [-0.39, 0.29) is 24.5 Å². The average molecular weight is 441 g/mol. The van der Waals surface area contributed by atoms with Crippen molar-refractivity contribution in [2.24, 2.45) is 11.1 Å². The van der Waals surface area contributed by atoms with Gasteiger partial charge in [0.2, 0.25) is 0 Å². The zero-order chi connectivity index (χ0) is 22.7. The standard InChI is InChI=1S/C24H22F3N3O2/c1-2-18-20(14-29-23(31)22-19-9-4-3-7-16(19)10-11-28-22)30-32-21(18)13-15-6-5-8-17(12-15)24(25,26)27/h3-12,18,21H,2,13-14H2,1H3,(H,29,31). The molecule has 2 atom stereocenters. The Bertz CT molecular complexity index is 1160. The number of nitrogens with zero attached hydrogens (tertiary/aromatic N) is 2. The number of nitrogens with one attached hydrogen (secondary N) is 1. The lowest BCUT2D eigenvalue weighted by Crippen LogP contribution is -2.35. The molecule has 0 radical (unpaired) electrons. The van der Waals surface area contributed by atoms with Gasteiger partial charge in [0, 0.05) is 23.9 Å². The van der Waals surface area contributed by atoms with Crippen LogP contribution in [0.15, 0.2) is 65.9 Å². The molecule has 8 heteroatoms. The third kappa shape index (κ3) is 4.59. The third-order valence-electron chi connectivity index (χ3n) is 5.63. The summed E-state index contributed by atoms with van der Waals surface area (Å²) in [5.41, 5.74) is 0.843. The molecular weight excluding hydrogens is 419 g/mol. The van der Waals surface area contributed by atoms with Gasteiger partial charge >= 0.3 is 6.18 Å². The van der Waals surface area contributed by atoms with E-state index in [0.29, 0.717) is 29.8 Å². The number of rotatable bonds is 6. The molecule has 1 N–H and O–H groups in total. The highest BCUT2D eigenvalue weighted by molar-refractivity contribution is 6.06. The van der Waals surface area contributed by atoms with Crippen LogP contribution in [0, 0.1) is 5.92 Å². The van der Waals surface area contributed by atoms with Crippen LogP contribution in [0.25, 0.3) is 10.8 Å². The number of hydrogen-bond acceptors (Lipinski definition) is 4. The molecule has 5 nitrogen and oxygen atoms in total. The molecule has 32 heavy (non-hydrogen) atoms. The van der Waals surface area contributed by atoms with Crippen molar-refractivity contribution in [2.45, 2.75) is 32.0 Å². The van der Waals surface area contributed by atoms with Crippen LogP contribution in [0.3, 0.4) is 0 Å². The molecule has 0 fully saturated rings. The second-order valence-electron chi connectivity index (χ2n) is 7.71. The molecule has 2 aromatic carbocycles. The Labute approximate surface area is 183 Å². The summed E-state index contributed by atoms with van der Waals surface area (Å²) in [6.07, 6.45) is -2.20. The van der Waals surface area contributed by atoms with Gasteiger partial charge in [0.05, 0.1) is 17.8 Å². The fourth-order valence-corrected chi connectivity index (χ4v) is 3.99. The zero-order valence-corrected chi connectivity index (χ0v) is 17.4. The molecule has 1 amide bonds. The van der Waals surface area contributed by atoms with Gasteiger partial charge in [0.15, 0.2) is 0 Å². The Balaban J connectivity index is 1.42. The van der Waals surface area contributed by atoms with Crippen LogP contribution < -0.4 is 5.32 Å². The topological polar surface area (TPSA) is 63.6 Å². The van der Waals surface area contributed by atoms with Gasteiger partial charge in [-0.3, -0.25) is 9.78 Å². The molecule has 0 saturated heterocycles. The average Bonchev–Trinajstić information content (AvgIpc) is 3.18. The molecule has 2 heterocycles. The maximum absolute atomic E-state index is 13.0. The summed E-state index contributed by atoms with van der Waals surface area (Å²) in [7, 11) is 0. The highest BCUT2D eigenvalue weighted by Crippen LogP contribution is 2.31. The second kappa shape index (κ2) is 8.98. The van der Waals surface area contributed by atoms with Crippen LogP contribution in [0.2, 0.25) is 0 Å². The van der Waals surface area contributed by atoms with Gasteiger partial charge in [-0.25, -0.2) is 0 Å². The van der Waals surface area contributed by atoms with Crippen molar-refractivity contribution < 1.29 is 22.8 Å². The van der Waals surface area contributed by atoms with E-state index >= 15 is 0 Å². The minimum absolute atomic E-state index is 0.106. The number of carbonyl (C=O) groups is 1. The lowest BCUT2D eigenvalue weighted by atomic mass is 9.90. The van der Waals surface area contributed by atoms with Gasteiger partial charge in [-0.05, 0) is 29.5 Å². The summed E-state index contributed by atoms with van der Waals surface area (Å²) in [5.74, 6) is -0.425. The SMILES string of the molecule is CCC1C(CNC(=O)c2nccc3ccccc23)=NOC1Cc1cccc(C(F)(F)F)c1. The molecule has 0 bridgehead atoms. The molecule has 166 valence electrons. The van der Waals surface area contributed by atoms with Crippen molar-refractivity contribution in [1.29, 1.82) is 0 Å². The molecule has 0 saturated carbocycles. The summed E-state index contributed by atoms with van der Waals surface area (Å²) in [5, 5.41) is 8.65. The number of halogens is 3. The molecule has 0 spiro atoms. The summed E-state index contributed by atoms with van der Waals surface area (Å²) >= 11 is 0. The Morgan fingerprint density at radius 2 is 1.94 bits per heavy atom. The van der Waals surface area contributed by atoms with Crippen LogP contribution in [0.4, 0.5) is 13.2 Å². The van der Waals surface area contributed by atoms with Crippen molar-refractivity contribution in [3.63, 3.8) is 0 Å². The summed E-state index contributed by atoms with van der Waals surface area (Å²) in [4.78, 5) is 22.5. The first kappa shape index (κ1) is 21.8. The van der Waals surface area contributed by atoms with E-state index < -0.39 is 11.7 Å².